The smallest absolute Gasteiger partial charge is 0.151 e. The first-order chi connectivity index (χ1) is 20.1. The lowest BCUT2D eigenvalue weighted by Gasteiger charge is -2.42. The molecule has 7 rings (SSSR count). The summed E-state index contributed by atoms with van der Waals surface area (Å²) in [6.45, 7) is 4.61. The van der Waals surface area contributed by atoms with Crippen molar-refractivity contribution in [3.63, 3.8) is 0 Å². The van der Waals surface area contributed by atoms with Crippen molar-refractivity contribution in [1.82, 2.24) is 4.98 Å². The van der Waals surface area contributed by atoms with Gasteiger partial charge in [0.05, 0.1) is 28.5 Å². The first-order valence-corrected chi connectivity index (χ1v) is 14.0. The lowest BCUT2D eigenvalue weighted by atomic mass is 9.73. The standard InChI is InChI=1S/C38H30N2O/c1-38(2)30-19-9-11-21-34(30)40(35-22-12-10-20-31(35)38)36-23-13-14-24-37(36)41-29-25-32(27-15-5-3-6-16-27)39-33(26-29)28-17-7-4-8-18-28/h3-26H,1-2H3. The average Bonchev–Trinajstić information content (AvgIpc) is 3.03. The fourth-order valence-electron chi connectivity index (χ4n) is 5.86. The second-order valence-corrected chi connectivity index (χ2v) is 10.9. The molecule has 198 valence electrons. The van der Waals surface area contributed by atoms with E-state index >= 15 is 0 Å². The number of ether oxygens (including phenoxy) is 1. The van der Waals surface area contributed by atoms with Gasteiger partial charge in [-0.15, -0.1) is 0 Å². The number of rotatable bonds is 5. The Morgan fingerprint density at radius 3 is 1.49 bits per heavy atom. The topological polar surface area (TPSA) is 25.4 Å². The highest BCUT2D eigenvalue weighted by molar-refractivity contribution is 5.88. The lowest BCUT2D eigenvalue weighted by Crippen LogP contribution is -2.30. The molecule has 3 heteroatoms. The third-order valence-electron chi connectivity index (χ3n) is 7.91. The average molecular weight is 531 g/mol. The van der Waals surface area contributed by atoms with Gasteiger partial charge in [0.15, 0.2) is 5.75 Å². The van der Waals surface area contributed by atoms with Crippen molar-refractivity contribution in [3.8, 4) is 34.0 Å². The van der Waals surface area contributed by atoms with Crippen molar-refractivity contribution in [3.05, 3.63) is 157 Å². The number of hydrogen-bond donors (Lipinski definition) is 0. The van der Waals surface area contributed by atoms with E-state index in [1.807, 2.05) is 60.7 Å². The molecule has 6 aromatic rings. The minimum atomic E-state index is -0.125. The minimum Gasteiger partial charge on any atom is -0.455 e. The van der Waals surface area contributed by atoms with Crippen LogP contribution in [0.2, 0.25) is 0 Å². The maximum absolute atomic E-state index is 6.79. The van der Waals surface area contributed by atoms with E-state index in [1.165, 1.54) is 11.1 Å². The van der Waals surface area contributed by atoms with Crippen molar-refractivity contribution in [2.45, 2.75) is 19.3 Å². The van der Waals surface area contributed by atoms with Crippen LogP contribution in [0.15, 0.2) is 146 Å². The summed E-state index contributed by atoms with van der Waals surface area (Å²) < 4.78 is 6.79. The highest BCUT2D eigenvalue weighted by Crippen LogP contribution is 2.53. The molecule has 0 N–H and O–H groups in total. The van der Waals surface area contributed by atoms with Gasteiger partial charge in [0.2, 0.25) is 0 Å². The Balaban J connectivity index is 1.37. The largest absolute Gasteiger partial charge is 0.455 e. The zero-order chi connectivity index (χ0) is 27.8. The molecule has 0 radical (unpaired) electrons. The van der Waals surface area contributed by atoms with Gasteiger partial charge in [-0.3, -0.25) is 0 Å². The molecule has 0 spiro atoms. The predicted octanol–water partition coefficient (Wildman–Crippen LogP) is 10.3. The number of pyridine rings is 1. The molecule has 41 heavy (non-hydrogen) atoms. The van der Waals surface area contributed by atoms with Crippen LogP contribution < -0.4 is 9.64 Å². The molecule has 0 bridgehead atoms. The van der Waals surface area contributed by atoms with Crippen LogP contribution >= 0.6 is 0 Å². The number of nitrogens with zero attached hydrogens (tertiary/aromatic N) is 2. The zero-order valence-electron chi connectivity index (χ0n) is 23.2. The Morgan fingerprint density at radius 1 is 0.512 bits per heavy atom. The summed E-state index contributed by atoms with van der Waals surface area (Å²) in [4.78, 5) is 7.35. The summed E-state index contributed by atoms with van der Waals surface area (Å²) in [6, 6.07) is 50.2. The number of hydrogen-bond acceptors (Lipinski definition) is 3. The Hall–Kier alpha value is -5.15. The fraction of sp³-hybridized carbons (Fsp3) is 0.0789. The normalized spacial score (nSPS) is 13.3. The molecular formula is C38H30N2O. The van der Waals surface area contributed by atoms with E-state index in [9.17, 15) is 0 Å². The van der Waals surface area contributed by atoms with E-state index in [4.69, 9.17) is 9.72 Å². The highest BCUT2D eigenvalue weighted by Gasteiger charge is 2.37. The Kier molecular flexibility index (Phi) is 6.13. The molecule has 2 heterocycles. The lowest BCUT2D eigenvalue weighted by molar-refractivity contribution is 0.483. The van der Waals surface area contributed by atoms with Crippen molar-refractivity contribution in [2.24, 2.45) is 0 Å². The summed E-state index contributed by atoms with van der Waals surface area (Å²) in [5.41, 5.74) is 9.60. The molecule has 0 atom stereocenters. The maximum atomic E-state index is 6.79. The Morgan fingerprint density at radius 2 is 0.951 bits per heavy atom. The Labute approximate surface area is 241 Å². The molecule has 1 aliphatic heterocycles. The maximum Gasteiger partial charge on any atom is 0.151 e. The molecule has 1 aromatic heterocycles. The Bertz CT molecular complexity index is 1740. The van der Waals surface area contributed by atoms with E-state index in [0.717, 1.165) is 51.1 Å². The second kappa shape index (κ2) is 10.1. The SMILES string of the molecule is CC1(C)c2ccccc2N(c2ccccc2Oc2cc(-c3ccccc3)nc(-c3ccccc3)c2)c2ccccc21. The van der Waals surface area contributed by atoms with E-state index in [1.54, 1.807) is 0 Å². The molecule has 0 unspecified atom stereocenters. The molecule has 0 aliphatic carbocycles. The minimum absolute atomic E-state index is 0.125. The highest BCUT2D eigenvalue weighted by atomic mass is 16.5. The first-order valence-electron chi connectivity index (χ1n) is 14.0. The molecule has 5 aromatic carbocycles. The first kappa shape index (κ1) is 24.9. The molecule has 0 amide bonds. The van der Waals surface area contributed by atoms with Crippen LogP contribution in [0.4, 0.5) is 17.1 Å². The van der Waals surface area contributed by atoms with E-state index in [-0.39, 0.29) is 5.41 Å². The second-order valence-electron chi connectivity index (χ2n) is 10.9. The van der Waals surface area contributed by atoms with Crippen LogP contribution in [-0.4, -0.2) is 4.98 Å². The quantitative estimate of drug-likeness (QED) is 0.222. The van der Waals surface area contributed by atoms with Crippen molar-refractivity contribution in [2.75, 3.05) is 4.90 Å². The van der Waals surface area contributed by atoms with Crippen molar-refractivity contribution < 1.29 is 4.74 Å². The summed E-state index contributed by atoms with van der Waals surface area (Å²) >= 11 is 0. The molecule has 0 saturated carbocycles. The van der Waals surface area contributed by atoms with Gasteiger partial charge in [-0.2, -0.15) is 0 Å². The summed E-state index contributed by atoms with van der Waals surface area (Å²) in [5, 5.41) is 0. The number of aromatic nitrogens is 1. The van der Waals surface area contributed by atoms with E-state index < -0.39 is 0 Å². The number of para-hydroxylation sites is 4. The molecule has 0 fully saturated rings. The van der Waals surface area contributed by atoms with Gasteiger partial charge in [-0.25, -0.2) is 4.98 Å². The summed E-state index contributed by atoms with van der Waals surface area (Å²) in [5.74, 6) is 1.52. The van der Waals surface area contributed by atoms with Crippen LogP contribution in [0, 0.1) is 0 Å². The van der Waals surface area contributed by atoms with Crippen molar-refractivity contribution >= 4 is 17.1 Å². The van der Waals surface area contributed by atoms with Crippen LogP contribution in [0.3, 0.4) is 0 Å². The number of anilines is 3. The third kappa shape index (κ3) is 4.46. The third-order valence-corrected chi connectivity index (χ3v) is 7.91. The molecule has 0 saturated heterocycles. The predicted molar refractivity (Wildman–Crippen MR) is 168 cm³/mol. The van der Waals surface area contributed by atoms with Crippen LogP contribution in [0.1, 0.15) is 25.0 Å². The van der Waals surface area contributed by atoms with Gasteiger partial charge < -0.3 is 9.64 Å². The van der Waals surface area contributed by atoms with Crippen molar-refractivity contribution in [1.29, 1.82) is 0 Å². The van der Waals surface area contributed by atoms with Gasteiger partial charge >= 0.3 is 0 Å². The van der Waals surface area contributed by atoms with Gasteiger partial charge in [-0.05, 0) is 35.4 Å². The summed E-state index contributed by atoms with van der Waals surface area (Å²) in [7, 11) is 0. The van der Waals surface area contributed by atoms with Gasteiger partial charge in [0.25, 0.3) is 0 Å². The number of benzene rings is 5. The fourth-order valence-corrected chi connectivity index (χ4v) is 5.86. The van der Waals surface area contributed by atoms with Crippen LogP contribution in [0.5, 0.6) is 11.5 Å². The molecule has 3 nitrogen and oxygen atoms in total. The van der Waals surface area contributed by atoms with E-state index in [0.29, 0.717) is 0 Å². The molecule has 1 aliphatic rings. The zero-order valence-corrected chi connectivity index (χ0v) is 23.2. The van der Waals surface area contributed by atoms with E-state index in [2.05, 4.69) is 104 Å². The molecular weight excluding hydrogens is 500 g/mol. The summed E-state index contributed by atoms with van der Waals surface area (Å²) in [6.07, 6.45) is 0. The van der Waals surface area contributed by atoms with Crippen LogP contribution in [-0.2, 0) is 5.41 Å². The number of fused-ring (bicyclic) bond motifs is 2. The van der Waals surface area contributed by atoms with Gasteiger partial charge in [-0.1, -0.05) is 123 Å². The van der Waals surface area contributed by atoms with Gasteiger partial charge in [0, 0.05) is 28.7 Å². The van der Waals surface area contributed by atoms with Gasteiger partial charge in [0.1, 0.15) is 5.75 Å². The monoisotopic (exact) mass is 530 g/mol. The van der Waals surface area contributed by atoms with Crippen LogP contribution in [0.25, 0.3) is 22.5 Å².